The second kappa shape index (κ2) is 5.91. The summed E-state index contributed by atoms with van der Waals surface area (Å²) < 4.78 is 2.15. The van der Waals surface area contributed by atoms with Crippen LogP contribution in [0.3, 0.4) is 0 Å². The molecule has 0 bridgehead atoms. The van der Waals surface area contributed by atoms with Crippen LogP contribution in [0.5, 0.6) is 5.75 Å². The van der Waals surface area contributed by atoms with Crippen LogP contribution in [0.2, 0.25) is 0 Å². The Balaban J connectivity index is 2.13. The Hall–Kier alpha value is -2.29. The average Bonchev–Trinajstić information content (AvgIpc) is 2.90. The Morgan fingerprint density at radius 2 is 1.48 bits per heavy atom. The average molecular weight is 335 g/mol. The lowest BCUT2D eigenvalue weighted by Gasteiger charge is -2.27. The molecule has 0 aliphatic heterocycles. The van der Waals surface area contributed by atoms with E-state index in [0.717, 1.165) is 27.7 Å². The normalized spacial score (nSPS) is 12.7. The first kappa shape index (κ1) is 17.5. The van der Waals surface area contributed by atoms with Gasteiger partial charge in [-0.3, -0.25) is 5.11 Å². The van der Waals surface area contributed by atoms with Crippen molar-refractivity contribution in [3.05, 3.63) is 59.4 Å². The lowest BCUT2D eigenvalue weighted by Crippen LogP contribution is -2.18. The Kier molecular flexibility index (Phi) is 4.14. The van der Waals surface area contributed by atoms with Crippen molar-refractivity contribution in [1.82, 2.24) is 9.55 Å². The molecule has 25 heavy (non-hydrogen) atoms. The van der Waals surface area contributed by atoms with Crippen molar-refractivity contribution in [1.29, 1.82) is 0 Å². The predicted molar refractivity (Wildman–Crippen MR) is 103 cm³/mol. The van der Waals surface area contributed by atoms with Gasteiger partial charge in [0.1, 0.15) is 0 Å². The van der Waals surface area contributed by atoms with E-state index in [1.165, 1.54) is 0 Å². The highest BCUT2D eigenvalue weighted by molar-refractivity contribution is 5.75. The summed E-state index contributed by atoms with van der Waals surface area (Å²) in [5, 5.41) is 13.0. The number of imidazole rings is 1. The molecule has 2 aromatic carbocycles. The van der Waals surface area contributed by atoms with Gasteiger partial charge in [-0.25, -0.2) is 4.98 Å². The summed E-state index contributed by atoms with van der Waals surface area (Å²) in [5.41, 5.74) is 4.68. The van der Waals surface area contributed by atoms with Crippen LogP contribution in [-0.4, -0.2) is 9.55 Å². The molecule has 1 heterocycles. The third-order valence-electron chi connectivity index (χ3n) is 4.65. The van der Waals surface area contributed by atoms with Gasteiger partial charge in [-0.2, -0.15) is 0 Å². The summed E-state index contributed by atoms with van der Waals surface area (Å²) in [4.78, 5) is 4.48. The zero-order chi connectivity index (χ0) is 18.4. The monoisotopic (exact) mass is 335 g/mol. The van der Waals surface area contributed by atoms with E-state index in [0.29, 0.717) is 6.54 Å². The van der Waals surface area contributed by atoms with E-state index in [-0.39, 0.29) is 16.6 Å². The summed E-state index contributed by atoms with van der Waals surface area (Å²) in [6, 6.07) is 12.3. The molecular weight excluding hydrogens is 308 g/mol. The second-order valence-electron chi connectivity index (χ2n) is 8.88. The van der Waals surface area contributed by atoms with Gasteiger partial charge in [-0.15, -0.1) is 0 Å². The SMILES string of the molecule is CC(C)(C)c1cc(Cn2cnc3ccccc32)cc(C(C)(C)C)c1[O]. The highest BCUT2D eigenvalue weighted by Gasteiger charge is 2.27. The first-order valence-corrected chi connectivity index (χ1v) is 8.82. The van der Waals surface area contributed by atoms with E-state index in [2.05, 4.69) is 69.3 Å². The van der Waals surface area contributed by atoms with Crippen LogP contribution in [-0.2, 0) is 22.5 Å². The van der Waals surface area contributed by atoms with Gasteiger partial charge < -0.3 is 4.57 Å². The van der Waals surface area contributed by atoms with E-state index in [4.69, 9.17) is 0 Å². The van der Waals surface area contributed by atoms with Crippen molar-refractivity contribution in [3.63, 3.8) is 0 Å². The Morgan fingerprint density at radius 1 is 0.920 bits per heavy atom. The molecule has 0 fully saturated rings. The van der Waals surface area contributed by atoms with E-state index >= 15 is 0 Å². The number of hydrogen-bond donors (Lipinski definition) is 0. The van der Waals surface area contributed by atoms with E-state index in [1.54, 1.807) is 0 Å². The van der Waals surface area contributed by atoms with Gasteiger partial charge >= 0.3 is 0 Å². The molecule has 0 saturated heterocycles. The molecule has 0 aliphatic carbocycles. The van der Waals surface area contributed by atoms with Crippen LogP contribution < -0.4 is 0 Å². The Labute approximate surface area is 150 Å². The quantitative estimate of drug-likeness (QED) is 0.581. The molecule has 3 nitrogen and oxygen atoms in total. The zero-order valence-electron chi connectivity index (χ0n) is 16.1. The fourth-order valence-electron chi connectivity index (χ4n) is 3.23. The number of hydrogen-bond acceptors (Lipinski definition) is 1. The van der Waals surface area contributed by atoms with Gasteiger partial charge in [0.05, 0.1) is 17.4 Å². The molecular formula is C22H27N2O. The van der Waals surface area contributed by atoms with Crippen molar-refractivity contribution in [3.8, 4) is 5.75 Å². The summed E-state index contributed by atoms with van der Waals surface area (Å²) in [6.45, 7) is 13.3. The molecule has 0 spiro atoms. The molecule has 1 radical (unpaired) electrons. The lowest BCUT2D eigenvalue weighted by molar-refractivity contribution is 0.327. The van der Waals surface area contributed by atoms with Crippen molar-refractivity contribution >= 4 is 11.0 Å². The number of nitrogens with zero attached hydrogens (tertiary/aromatic N) is 2. The predicted octanol–water partition coefficient (Wildman–Crippen LogP) is 5.82. The number of fused-ring (bicyclic) bond motifs is 1. The second-order valence-corrected chi connectivity index (χ2v) is 8.88. The van der Waals surface area contributed by atoms with Crippen LogP contribution in [0, 0.1) is 0 Å². The van der Waals surface area contributed by atoms with Gasteiger partial charge in [0.15, 0.2) is 5.75 Å². The van der Waals surface area contributed by atoms with Crippen LogP contribution in [0.25, 0.3) is 11.0 Å². The number of benzene rings is 2. The molecule has 0 atom stereocenters. The van der Waals surface area contributed by atoms with Crippen molar-refractivity contribution < 1.29 is 5.11 Å². The number of para-hydroxylation sites is 2. The van der Waals surface area contributed by atoms with Gasteiger partial charge in [0, 0.05) is 17.7 Å². The molecule has 0 saturated carbocycles. The molecule has 0 N–H and O–H groups in total. The largest absolute Gasteiger partial charge is 0.326 e. The first-order chi connectivity index (χ1) is 11.6. The summed E-state index contributed by atoms with van der Waals surface area (Å²) in [5.74, 6) is 0.180. The van der Waals surface area contributed by atoms with E-state index in [9.17, 15) is 5.11 Å². The first-order valence-electron chi connectivity index (χ1n) is 8.82. The van der Waals surface area contributed by atoms with E-state index in [1.807, 2.05) is 24.5 Å². The maximum atomic E-state index is 13.0. The number of rotatable bonds is 2. The Bertz CT molecular complexity index is 873. The third-order valence-corrected chi connectivity index (χ3v) is 4.65. The minimum atomic E-state index is -0.176. The molecule has 0 aliphatic rings. The molecule has 3 rings (SSSR count). The van der Waals surface area contributed by atoms with Gasteiger partial charge in [0.25, 0.3) is 0 Å². The van der Waals surface area contributed by atoms with Crippen LogP contribution >= 0.6 is 0 Å². The van der Waals surface area contributed by atoms with Gasteiger partial charge in [-0.05, 0) is 40.7 Å². The topological polar surface area (TPSA) is 37.7 Å². The van der Waals surface area contributed by atoms with Gasteiger partial charge in [0.2, 0.25) is 0 Å². The zero-order valence-corrected chi connectivity index (χ0v) is 16.1. The molecule has 131 valence electrons. The number of aromatic nitrogens is 2. The maximum absolute atomic E-state index is 13.0. The van der Waals surface area contributed by atoms with Crippen molar-refractivity contribution in [2.24, 2.45) is 0 Å². The van der Waals surface area contributed by atoms with Crippen LogP contribution in [0.1, 0.15) is 58.2 Å². The molecule has 1 aromatic heterocycles. The third kappa shape index (κ3) is 3.41. The van der Waals surface area contributed by atoms with Crippen LogP contribution in [0.4, 0.5) is 0 Å². The highest BCUT2D eigenvalue weighted by Crippen LogP contribution is 2.40. The fraction of sp³-hybridized carbons (Fsp3) is 0.409. The summed E-state index contributed by atoms with van der Waals surface area (Å²) in [6.07, 6.45) is 1.88. The molecule has 3 aromatic rings. The Morgan fingerprint density at radius 3 is 2.04 bits per heavy atom. The summed E-state index contributed by atoms with van der Waals surface area (Å²) >= 11 is 0. The summed E-state index contributed by atoms with van der Waals surface area (Å²) in [7, 11) is 0. The van der Waals surface area contributed by atoms with Gasteiger partial charge in [-0.1, -0.05) is 53.7 Å². The lowest BCUT2D eigenvalue weighted by atomic mass is 9.78. The smallest absolute Gasteiger partial charge is 0.186 e. The van der Waals surface area contributed by atoms with Crippen LogP contribution in [0.15, 0.2) is 42.7 Å². The van der Waals surface area contributed by atoms with Crippen molar-refractivity contribution in [2.75, 3.05) is 0 Å². The fourth-order valence-corrected chi connectivity index (χ4v) is 3.23. The maximum Gasteiger partial charge on any atom is 0.186 e. The minimum Gasteiger partial charge on any atom is -0.326 e. The standard InChI is InChI=1S/C22H27N2O/c1-21(2,3)16-11-15(12-17(20(16)25)22(4,5)6)13-24-14-23-18-9-7-8-10-19(18)24/h7-12,14H,13H2,1-6H3. The minimum absolute atomic E-state index is 0.176. The molecule has 0 unspecified atom stereocenters. The molecule has 3 heteroatoms. The molecule has 0 amide bonds. The highest BCUT2D eigenvalue weighted by atomic mass is 16.3. The van der Waals surface area contributed by atoms with E-state index < -0.39 is 0 Å². The van der Waals surface area contributed by atoms with Crippen molar-refractivity contribution in [2.45, 2.75) is 58.9 Å².